The first-order valence-corrected chi connectivity index (χ1v) is 10.6. The molecule has 0 aromatic heterocycles. The van der Waals surface area contributed by atoms with E-state index >= 15 is 0 Å². The van der Waals surface area contributed by atoms with E-state index in [-0.39, 0.29) is 47.9 Å². The normalized spacial score (nSPS) is 23.8. The van der Waals surface area contributed by atoms with Crippen molar-refractivity contribution in [3.05, 3.63) is 0 Å². The van der Waals surface area contributed by atoms with Gasteiger partial charge in [-0.25, -0.2) is 0 Å². The topological polar surface area (TPSA) is 69.2 Å². The van der Waals surface area contributed by atoms with E-state index in [4.69, 9.17) is 9.73 Å². The molecule has 2 aliphatic heterocycles. The van der Waals surface area contributed by atoms with Gasteiger partial charge in [0.25, 0.3) is 0 Å². The van der Waals surface area contributed by atoms with Crippen LogP contribution in [0.15, 0.2) is 4.99 Å². The number of aliphatic imine (C=N–C) groups is 1. The first-order chi connectivity index (χ1) is 12.9. The second-order valence-corrected chi connectivity index (χ2v) is 8.43. The molecule has 8 heteroatoms. The SMILES string of the molecule is CCNC(=NCC1CN(CC(C)C)CCO1)NC1CCN(C(=O)C(C)C)C1.I. The summed E-state index contributed by atoms with van der Waals surface area (Å²) in [5.74, 6) is 1.79. The largest absolute Gasteiger partial charge is 0.374 e. The lowest BCUT2D eigenvalue weighted by Crippen LogP contribution is -2.47. The number of nitrogens with zero attached hydrogens (tertiary/aromatic N) is 3. The van der Waals surface area contributed by atoms with Crippen LogP contribution in [0.4, 0.5) is 0 Å². The number of rotatable bonds is 7. The highest BCUT2D eigenvalue weighted by Gasteiger charge is 2.28. The van der Waals surface area contributed by atoms with Crippen LogP contribution in [-0.2, 0) is 9.53 Å². The monoisotopic (exact) mass is 509 g/mol. The number of halogens is 1. The highest BCUT2D eigenvalue weighted by Crippen LogP contribution is 2.13. The van der Waals surface area contributed by atoms with Crippen molar-refractivity contribution >= 4 is 35.8 Å². The van der Waals surface area contributed by atoms with Crippen molar-refractivity contribution in [2.45, 2.75) is 53.2 Å². The van der Waals surface area contributed by atoms with E-state index in [1.807, 2.05) is 18.7 Å². The van der Waals surface area contributed by atoms with Crippen molar-refractivity contribution in [3.63, 3.8) is 0 Å². The fourth-order valence-corrected chi connectivity index (χ4v) is 3.72. The third-order valence-electron chi connectivity index (χ3n) is 4.98. The molecule has 2 rings (SSSR count). The predicted molar refractivity (Wildman–Crippen MR) is 125 cm³/mol. The Morgan fingerprint density at radius 1 is 1.21 bits per heavy atom. The third kappa shape index (κ3) is 8.41. The minimum atomic E-state index is 0. The van der Waals surface area contributed by atoms with Gasteiger partial charge in [-0.2, -0.15) is 0 Å². The van der Waals surface area contributed by atoms with E-state index in [0.29, 0.717) is 12.5 Å². The van der Waals surface area contributed by atoms with Crippen LogP contribution in [-0.4, -0.2) is 86.2 Å². The number of morpholine rings is 1. The standard InChI is InChI=1S/C20H39N5O2.HI/c1-6-21-20(23-17-7-8-25(13-17)19(26)16(4)5)22-11-18-14-24(9-10-27-18)12-15(2)3;/h15-18H,6-14H2,1-5H3,(H2,21,22,23);1H. The number of hydrogen-bond donors (Lipinski definition) is 2. The van der Waals surface area contributed by atoms with Gasteiger partial charge >= 0.3 is 0 Å². The van der Waals surface area contributed by atoms with Crippen LogP contribution in [0.3, 0.4) is 0 Å². The van der Waals surface area contributed by atoms with Crippen molar-refractivity contribution < 1.29 is 9.53 Å². The molecule has 2 atom stereocenters. The Balaban J connectivity index is 0.00000392. The van der Waals surface area contributed by atoms with Gasteiger partial charge in [0, 0.05) is 51.2 Å². The fourth-order valence-electron chi connectivity index (χ4n) is 3.72. The quantitative estimate of drug-likeness (QED) is 0.311. The Kier molecular flexibility index (Phi) is 11.7. The predicted octanol–water partition coefficient (Wildman–Crippen LogP) is 1.77. The zero-order valence-electron chi connectivity index (χ0n) is 18.2. The molecule has 2 aliphatic rings. The van der Waals surface area contributed by atoms with Gasteiger partial charge in [0.1, 0.15) is 0 Å². The Morgan fingerprint density at radius 2 is 1.96 bits per heavy atom. The first-order valence-electron chi connectivity index (χ1n) is 10.6. The van der Waals surface area contributed by atoms with Crippen molar-refractivity contribution in [1.29, 1.82) is 0 Å². The molecule has 2 unspecified atom stereocenters. The van der Waals surface area contributed by atoms with Crippen molar-refractivity contribution in [2.75, 3.05) is 52.4 Å². The maximum atomic E-state index is 12.2. The van der Waals surface area contributed by atoms with E-state index in [1.165, 1.54) is 0 Å². The molecule has 2 fully saturated rings. The molecule has 0 aromatic rings. The van der Waals surface area contributed by atoms with Crippen LogP contribution in [0, 0.1) is 11.8 Å². The molecule has 0 aromatic carbocycles. The Bertz CT molecular complexity index is 501. The summed E-state index contributed by atoms with van der Waals surface area (Å²) in [6.07, 6.45) is 1.11. The summed E-state index contributed by atoms with van der Waals surface area (Å²) in [5.41, 5.74) is 0. The smallest absolute Gasteiger partial charge is 0.225 e. The minimum Gasteiger partial charge on any atom is -0.374 e. The van der Waals surface area contributed by atoms with Gasteiger partial charge < -0.3 is 20.3 Å². The summed E-state index contributed by atoms with van der Waals surface area (Å²) in [4.78, 5) is 21.4. The van der Waals surface area contributed by atoms with Crippen LogP contribution in [0.25, 0.3) is 0 Å². The summed E-state index contributed by atoms with van der Waals surface area (Å²) in [7, 11) is 0. The Labute approximate surface area is 188 Å². The molecule has 0 aliphatic carbocycles. The number of carbonyl (C=O) groups is 1. The molecule has 0 saturated carbocycles. The zero-order chi connectivity index (χ0) is 19.8. The summed E-state index contributed by atoms with van der Waals surface area (Å²) < 4.78 is 5.91. The number of carbonyl (C=O) groups excluding carboxylic acids is 1. The number of hydrogen-bond acceptors (Lipinski definition) is 4. The number of likely N-dealkylation sites (tertiary alicyclic amines) is 1. The van der Waals surface area contributed by atoms with Gasteiger partial charge in [-0.1, -0.05) is 27.7 Å². The van der Waals surface area contributed by atoms with Gasteiger partial charge in [0.05, 0.1) is 19.3 Å². The summed E-state index contributed by atoms with van der Waals surface area (Å²) >= 11 is 0. The number of ether oxygens (including phenoxy) is 1. The first kappa shape index (κ1) is 25.4. The Hall–Kier alpha value is -0.610. The fraction of sp³-hybridized carbons (Fsp3) is 0.900. The van der Waals surface area contributed by atoms with Crippen molar-refractivity contribution in [3.8, 4) is 0 Å². The van der Waals surface area contributed by atoms with E-state index in [9.17, 15) is 4.79 Å². The van der Waals surface area contributed by atoms with E-state index in [2.05, 4.69) is 36.3 Å². The summed E-state index contributed by atoms with van der Waals surface area (Å²) in [6, 6.07) is 0.259. The maximum Gasteiger partial charge on any atom is 0.225 e. The molecule has 28 heavy (non-hydrogen) atoms. The van der Waals surface area contributed by atoms with Gasteiger partial charge in [-0.15, -0.1) is 24.0 Å². The second-order valence-electron chi connectivity index (χ2n) is 8.43. The molecule has 2 saturated heterocycles. The van der Waals surface area contributed by atoms with Gasteiger partial charge in [0.15, 0.2) is 5.96 Å². The lowest BCUT2D eigenvalue weighted by Gasteiger charge is -2.33. The van der Waals surface area contributed by atoms with Crippen molar-refractivity contribution in [2.24, 2.45) is 16.8 Å². The molecule has 1 amide bonds. The van der Waals surface area contributed by atoms with Crippen LogP contribution in [0.1, 0.15) is 41.0 Å². The molecule has 7 nitrogen and oxygen atoms in total. The van der Waals surface area contributed by atoms with Crippen LogP contribution < -0.4 is 10.6 Å². The third-order valence-corrected chi connectivity index (χ3v) is 4.98. The summed E-state index contributed by atoms with van der Waals surface area (Å²) in [6.45, 7) is 17.4. The average molecular weight is 509 g/mol. The highest BCUT2D eigenvalue weighted by atomic mass is 127. The zero-order valence-corrected chi connectivity index (χ0v) is 20.6. The molecule has 0 radical (unpaired) electrons. The molecular formula is C20H40IN5O2. The van der Waals surface area contributed by atoms with E-state index < -0.39 is 0 Å². The number of amides is 1. The second kappa shape index (κ2) is 12.8. The van der Waals surface area contributed by atoms with Gasteiger partial charge in [-0.05, 0) is 19.3 Å². The lowest BCUT2D eigenvalue weighted by atomic mass is 10.2. The van der Waals surface area contributed by atoms with Gasteiger partial charge in [-0.3, -0.25) is 14.7 Å². The van der Waals surface area contributed by atoms with E-state index in [1.54, 1.807) is 0 Å². The molecule has 2 N–H and O–H groups in total. The van der Waals surface area contributed by atoms with Crippen LogP contribution in [0.5, 0.6) is 0 Å². The average Bonchev–Trinajstić information content (AvgIpc) is 3.07. The molecule has 2 heterocycles. The number of guanidine groups is 1. The van der Waals surface area contributed by atoms with Crippen LogP contribution >= 0.6 is 24.0 Å². The molecular weight excluding hydrogens is 469 g/mol. The summed E-state index contributed by atoms with van der Waals surface area (Å²) in [5, 5.41) is 6.83. The molecule has 0 spiro atoms. The highest BCUT2D eigenvalue weighted by molar-refractivity contribution is 14.0. The van der Waals surface area contributed by atoms with Crippen LogP contribution in [0.2, 0.25) is 0 Å². The van der Waals surface area contributed by atoms with Gasteiger partial charge in [0.2, 0.25) is 5.91 Å². The van der Waals surface area contributed by atoms with E-state index in [0.717, 1.165) is 58.3 Å². The minimum absolute atomic E-state index is 0. The lowest BCUT2D eigenvalue weighted by molar-refractivity contribution is -0.133. The number of nitrogens with one attached hydrogen (secondary N) is 2. The maximum absolute atomic E-state index is 12.2. The molecule has 164 valence electrons. The molecule has 0 bridgehead atoms. The van der Waals surface area contributed by atoms with Crippen molar-refractivity contribution in [1.82, 2.24) is 20.4 Å². The Morgan fingerprint density at radius 3 is 2.61 bits per heavy atom.